The average Bonchev–Trinajstić information content (AvgIpc) is 2.59. The first kappa shape index (κ1) is 19.8. The number of hydrogen-bond donors (Lipinski definition) is 2. The number of carboxylic acids is 1. The van der Waals surface area contributed by atoms with Crippen molar-refractivity contribution in [3.63, 3.8) is 0 Å². The summed E-state index contributed by atoms with van der Waals surface area (Å²) in [6.07, 6.45) is 0.0164. The van der Waals surface area contributed by atoms with Crippen LogP contribution in [0.3, 0.4) is 0 Å². The highest BCUT2D eigenvalue weighted by molar-refractivity contribution is 5.90. The van der Waals surface area contributed by atoms with Crippen molar-refractivity contribution in [2.75, 3.05) is 21.3 Å². The minimum Gasteiger partial charge on any atom is -0.502 e. The number of esters is 2. The zero-order valence-corrected chi connectivity index (χ0v) is 13.8. The molecule has 0 saturated heterocycles. The molecule has 0 fully saturated rings. The first-order valence-corrected chi connectivity index (χ1v) is 6.95. The molecule has 0 heterocycles. The van der Waals surface area contributed by atoms with Crippen molar-refractivity contribution >= 4 is 24.0 Å². The van der Waals surface area contributed by atoms with Crippen LogP contribution in [0.15, 0.2) is 18.2 Å². The maximum atomic E-state index is 11.7. The van der Waals surface area contributed by atoms with E-state index in [1.165, 1.54) is 32.4 Å². The molecule has 0 aliphatic carbocycles. The Morgan fingerprint density at radius 3 is 2.12 bits per heavy atom. The summed E-state index contributed by atoms with van der Waals surface area (Å²) in [5.41, 5.74) is 0.434. The van der Waals surface area contributed by atoms with Crippen molar-refractivity contribution in [2.24, 2.45) is 0 Å². The van der Waals surface area contributed by atoms with Gasteiger partial charge in [-0.2, -0.15) is 0 Å². The van der Waals surface area contributed by atoms with E-state index in [1.807, 2.05) is 0 Å². The van der Waals surface area contributed by atoms with Crippen molar-refractivity contribution in [2.45, 2.75) is 12.5 Å². The molecule has 136 valence electrons. The molecular weight excluding hydrogens is 336 g/mol. The lowest BCUT2D eigenvalue weighted by molar-refractivity contribution is -0.165. The Bertz CT molecular complexity index is 653. The lowest BCUT2D eigenvalue weighted by atomic mass is 10.1. The van der Waals surface area contributed by atoms with Gasteiger partial charge in [-0.3, -0.25) is 4.79 Å². The number of aromatic hydroxyl groups is 1. The third-order valence-electron chi connectivity index (χ3n) is 3.03. The number of benzene rings is 1. The number of methoxy groups -OCH3 is 3. The molecular formula is C16H18O9. The van der Waals surface area contributed by atoms with Crippen LogP contribution >= 0.6 is 0 Å². The molecule has 0 aliphatic rings. The SMILES string of the molecule is COC(=O)CC(OC(=O)/C=C/c1cc(OC)c(O)c(OC)c1)C(=O)O. The van der Waals surface area contributed by atoms with Gasteiger partial charge < -0.3 is 29.2 Å². The fraction of sp³-hybridized carbons (Fsp3) is 0.312. The molecule has 25 heavy (non-hydrogen) atoms. The van der Waals surface area contributed by atoms with Crippen LogP contribution < -0.4 is 9.47 Å². The number of rotatable bonds is 8. The van der Waals surface area contributed by atoms with Crippen LogP contribution in [-0.4, -0.2) is 55.6 Å². The Morgan fingerprint density at radius 1 is 1.12 bits per heavy atom. The highest BCUT2D eigenvalue weighted by Crippen LogP contribution is 2.37. The smallest absolute Gasteiger partial charge is 0.345 e. The maximum Gasteiger partial charge on any atom is 0.345 e. The predicted molar refractivity (Wildman–Crippen MR) is 84.4 cm³/mol. The van der Waals surface area contributed by atoms with Crippen molar-refractivity contribution in [1.29, 1.82) is 0 Å². The predicted octanol–water partition coefficient (Wildman–Crippen LogP) is 0.982. The van der Waals surface area contributed by atoms with Crippen molar-refractivity contribution in [3.8, 4) is 17.2 Å². The molecule has 0 aromatic heterocycles. The van der Waals surface area contributed by atoms with E-state index in [1.54, 1.807) is 0 Å². The topological polar surface area (TPSA) is 129 Å². The Hall–Kier alpha value is -3.23. The Balaban J connectivity index is 2.88. The summed E-state index contributed by atoms with van der Waals surface area (Å²) < 4.78 is 19.0. The van der Waals surface area contributed by atoms with Gasteiger partial charge in [0.15, 0.2) is 11.5 Å². The van der Waals surface area contributed by atoms with Crippen molar-refractivity contribution in [1.82, 2.24) is 0 Å². The van der Waals surface area contributed by atoms with Gasteiger partial charge in [0.05, 0.1) is 27.8 Å². The molecule has 0 saturated carbocycles. The zero-order valence-electron chi connectivity index (χ0n) is 13.8. The van der Waals surface area contributed by atoms with Crippen LogP contribution in [0.25, 0.3) is 6.08 Å². The van der Waals surface area contributed by atoms with Gasteiger partial charge in [-0.25, -0.2) is 9.59 Å². The second kappa shape index (κ2) is 9.16. The number of phenolic OH excluding ortho intramolecular Hbond substituents is 1. The third-order valence-corrected chi connectivity index (χ3v) is 3.03. The molecule has 0 radical (unpaired) electrons. The number of phenols is 1. The second-order valence-electron chi connectivity index (χ2n) is 4.65. The summed E-state index contributed by atoms with van der Waals surface area (Å²) in [6, 6.07) is 2.87. The normalized spacial score (nSPS) is 11.6. The van der Waals surface area contributed by atoms with E-state index in [-0.39, 0.29) is 17.2 Å². The van der Waals surface area contributed by atoms with Crippen LogP contribution in [-0.2, 0) is 23.9 Å². The van der Waals surface area contributed by atoms with Gasteiger partial charge in [0.25, 0.3) is 0 Å². The number of carbonyl (C=O) groups excluding carboxylic acids is 2. The quantitative estimate of drug-likeness (QED) is 0.518. The molecule has 2 N–H and O–H groups in total. The highest BCUT2D eigenvalue weighted by atomic mass is 16.6. The van der Waals surface area contributed by atoms with E-state index < -0.39 is 30.4 Å². The Morgan fingerprint density at radius 2 is 1.68 bits per heavy atom. The van der Waals surface area contributed by atoms with Gasteiger partial charge in [0, 0.05) is 6.08 Å². The Labute approximate surface area is 143 Å². The number of carbonyl (C=O) groups is 3. The Kier molecular flexibility index (Phi) is 7.26. The van der Waals surface area contributed by atoms with Crippen LogP contribution in [0.1, 0.15) is 12.0 Å². The molecule has 1 atom stereocenters. The van der Waals surface area contributed by atoms with E-state index >= 15 is 0 Å². The monoisotopic (exact) mass is 354 g/mol. The standard InChI is InChI=1S/C16H18O9/c1-22-10-6-9(7-11(23-2)15(10)19)4-5-13(17)25-12(16(20)21)8-14(18)24-3/h4-7,12,19H,8H2,1-3H3,(H,20,21)/b5-4+. The average molecular weight is 354 g/mol. The number of carboxylic acid groups (broad SMARTS) is 1. The fourth-order valence-corrected chi connectivity index (χ4v) is 1.77. The molecule has 0 aliphatic heterocycles. The second-order valence-corrected chi connectivity index (χ2v) is 4.65. The number of ether oxygens (including phenoxy) is 4. The van der Waals surface area contributed by atoms with Gasteiger partial charge in [0.1, 0.15) is 0 Å². The largest absolute Gasteiger partial charge is 0.502 e. The van der Waals surface area contributed by atoms with Gasteiger partial charge in [-0.15, -0.1) is 0 Å². The van der Waals surface area contributed by atoms with Gasteiger partial charge >= 0.3 is 17.9 Å². The first-order valence-electron chi connectivity index (χ1n) is 6.95. The molecule has 1 rings (SSSR count). The third kappa shape index (κ3) is 5.72. The molecule has 9 heteroatoms. The highest BCUT2D eigenvalue weighted by Gasteiger charge is 2.25. The lowest BCUT2D eigenvalue weighted by Crippen LogP contribution is -2.29. The van der Waals surface area contributed by atoms with Crippen LogP contribution in [0.2, 0.25) is 0 Å². The molecule has 0 amide bonds. The summed E-state index contributed by atoms with van der Waals surface area (Å²) in [5, 5.41) is 18.8. The van der Waals surface area contributed by atoms with Gasteiger partial charge in [-0.1, -0.05) is 0 Å². The number of aliphatic carboxylic acids is 1. The minimum atomic E-state index is -1.66. The number of hydrogen-bond acceptors (Lipinski definition) is 8. The molecule has 0 spiro atoms. The molecule has 1 aromatic rings. The lowest BCUT2D eigenvalue weighted by Gasteiger charge is -2.11. The van der Waals surface area contributed by atoms with Gasteiger partial charge in [0.2, 0.25) is 11.9 Å². The van der Waals surface area contributed by atoms with Gasteiger partial charge in [-0.05, 0) is 23.8 Å². The molecule has 1 aromatic carbocycles. The summed E-state index contributed by atoms with van der Waals surface area (Å²) >= 11 is 0. The summed E-state index contributed by atoms with van der Waals surface area (Å²) in [7, 11) is 3.79. The maximum absolute atomic E-state index is 11.7. The van der Waals surface area contributed by atoms with Crippen LogP contribution in [0, 0.1) is 0 Å². The molecule has 0 bridgehead atoms. The molecule has 1 unspecified atom stereocenters. The summed E-state index contributed by atoms with van der Waals surface area (Å²) in [4.78, 5) is 33.8. The van der Waals surface area contributed by atoms with E-state index in [0.29, 0.717) is 5.56 Å². The van der Waals surface area contributed by atoms with Crippen LogP contribution in [0.5, 0.6) is 17.2 Å². The van der Waals surface area contributed by atoms with E-state index in [2.05, 4.69) is 4.74 Å². The van der Waals surface area contributed by atoms with Crippen LogP contribution in [0.4, 0.5) is 0 Å². The zero-order chi connectivity index (χ0) is 19.0. The first-order chi connectivity index (χ1) is 11.8. The van der Waals surface area contributed by atoms with E-state index in [9.17, 15) is 19.5 Å². The van der Waals surface area contributed by atoms with Crippen molar-refractivity contribution in [3.05, 3.63) is 23.8 Å². The summed E-state index contributed by atoms with van der Waals surface area (Å²) in [6.45, 7) is 0. The summed E-state index contributed by atoms with van der Waals surface area (Å²) in [5.74, 6) is -3.21. The minimum absolute atomic E-state index is 0.126. The van der Waals surface area contributed by atoms with E-state index in [0.717, 1.165) is 13.2 Å². The fourth-order valence-electron chi connectivity index (χ4n) is 1.77. The molecule has 9 nitrogen and oxygen atoms in total. The van der Waals surface area contributed by atoms with Crippen molar-refractivity contribution < 1.29 is 43.5 Å². The van der Waals surface area contributed by atoms with E-state index in [4.69, 9.17) is 19.3 Å².